The highest BCUT2D eigenvalue weighted by atomic mass is 15.0. The van der Waals surface area contributed by atoms with Crippen molar-refractivity contribution >= 4 is 54.4 Å². The number of hydrogen-bond donors (Lipinski definition) is 1. The predicted molar refractivity (Wildman–Crippen MR) is 203 cm³/mol. The molecule has 0 saturated carbocycles. The topological polar surface area (TPSA) is 20.7 Å². The number of nitrogens with one attached hydrogen (secondary N) is 1. The highest BCUT2D eigenvalue weighted by molar-refractivity contribution is 6.19. The van der Waals surface area contributed by atoms with Crippen molar-refractivity contribution in [3.8, 4) is 50.2 Å². The van der Waals surface area contributed by atoms with E-state index in [0.29, 0.717) is 0 Å². The first-order valence-electron chi connectivity index (χ1n) is 16.6. The third kappa shape index (κ3) is 3.52. The Labute approximate surface area is 277 Å². The normalized spacial score (nSPS) is 12.2. The summed E-state index contributed by atoms with van der Waals surface area (Å²) in [7, 11) is 0. The molecule has 1 N–H and O–H groups in total. The Morgan fingerprint density at radius 3 is 1.90 bits per heavy atom. The second kappa shape index (κ2) is 9.57. The molecule has 222 valence electrons. The molecule has 1 aliphatic rings. The number of fused-ring (bicyclic) bond motifs is 9. The van der Waals surface area contributed by atoms with E-state index < -0.39 is 0 Å². The van der Waals surface area contributed by atoms with Crippen LogP contribution in [0.5, 0.6) is 0 Å². The van der Waals surface area contributed by atoms with Gasteiger partial charge in [0.05, 0.1) is 11.0 Å². The van der Waals surface area contributed by atoms with Crippen LogP contribution in [0.4, 0.5) is 0 Å². The van der Waals surface area contributed by atoms with Gasteiger partial charge in [-0.3, -0.25) is 0 Å². The second-order valence-corrected chi connectivity index (χ2v) is 13.0. The van der Waals surface area contributed by atoms with Crippen LogP contribution in [0.15, 0.2) is 164 Å². The molecule has 0 unspecified atom stereocenters. The lowest BCUT2D eigenvalue weighted by atomic mass is 9.94. The molecule has 2 nitrogen and oxygen atoms in total. The van der Waals surface area contributed by atoms with Gasteiger partial charge in [-0.25, -0.2) is 0 Å². The molecule has 0 spiro atoms. The molecule has 0 atom stereocenters. The fourth-order valence-corrected chi connectivity index (χ4v) is 8.33. The number of para-hydroxylation sites is 2. The van der Waals surface area contributed by atoms with Crippen molar-refractivity contribution in [1.82, 2.24) is 9.55 Å². The van der Waals surface area contributed by atoms with Crippen molar-refractivity contribution in [2.75, 3.05) is 0 Å². The number of nitrogens with zero attached hydrogens (tertiary/aromatic N) is 1. The van der Waals surface area contributed by atoms with Gasteiger partial charge in [0.25, 0.3) is 0 Å². The summed E-state index contributed by atoms with van der Waals surface area (Å²) in [6.45, 7) is 0. The van der Waals surface area contributed by atoms with Gasteiger partial charge in [-0.2, -0.15) is 0 Å². The first-order valence-corrected chi connectivity index (χ1v) is 16.6. The summed E-state index contributed by atoms with van der Waals surface area (Å²) in [5.74, 6) is 0. The largest absolute Gasteiger partial charge is 0.355 e. The van der Waals surface area contributed by atoms with Crippen molar-refractivity contribution in [3.05, 3.63) is 164 Å². The quantitative estimate of drug-likeness (QED) is 0.206. The van der Waals surface area contributed by atoms with E-state index in [0.717, 1.165) is 5.69 Å². The minimum Gasteiger partial charge on any atom is -0.355 e. The Morgan fingerprint density at radius 2 is 0.979 bits per heavy atom. The van der Waals surface area contributed by atoms with Gasteiger partial charge in [0, 0.05) is 38.3 Å². The predicted octanol–water partition coefficient (Wildman–Crippen LogP) is 12.6. The van der Waals surface area contributed by atoms with Crippen molar-refractivity contribution in [2.24, 2.45) is 0 Å². The van der Waals surface area contributed by atoms with Gasteiger partial charge < -0.3 is 9.55 Å². The number of benzene rings is 8. The molecular weight excluding hydrogens is 581 g/mol. The molecule has 2 heteroatoms. The fourth-order valence-electron chi connectivity index (χ4n) is 8.33. The standard InChI is InChI=1S/C46H28N2/c1-2-12-34-33(11-1)39-16-8-15-38-32(22-23-40(34)46(38)39)30-9-7-10-31(25-30)48-44-18-6-4-14-36(44)37-21-19-29(27-45(37)48)28-20-24-43-41(26-28)35-13-3-5-17-42(35)47-43/h1-27,47H. The van der Waals surface area contributed by atoms with Crippen LogP contribution in [-0.4, -0.2) is 9.55 Å². The van der Waals surface area contributed by atoms with Crippen LogP contribution >= 0.6 is 0 Å². The van der Waals surface area contributed by atoms with Gasteiger partial charge in [0.1, 0.15) is 0 Å². The Morgan fingerprint density at radius 1 is 0.333 bits per heavy atom. The van der Waals surface area contributed by atoms with E-state index in [1.807, 2.05) is 0 Å². The average Bonchev–Trinajstić information content (AvgIpc) is 3.80. The fraction of sp³-hybridized carbons (Fsp3) is 0. The molecule has 0 amide bonds. The van der Waals surface area contributed by atoms with Gasteiger partial charge >= 0.3 is 0 Å². The number of H-pyrrole nitrogens is 1. The summed E-state index contributed by atoms with van der Waals surface area (Å²) in [5, 5.41) is 7.69. The minimum atomic E-state index is 1.16. The van der Waals surface area contributed by atoms with Crippen molar-refractivity contribution < 1.29 is 0 Å². The molecule has 1 aliphatic carbocycles. The minimum absolute atomic E-state index is 1.16. The molecule has 0 radical (unpaired) electrons. The molecule has 0 aliphatic heterocycles. The molecular formula is C46H28N2. The van der Waals surface area contributed by atoms with E-state index in [4.69, 9.17) is 0 Å². The maximum Gasteiger partial charge on any atom is 0.0547 e. The Balaban J connectivity index is 1.11. The van der Waals surface area contributed by atoms with E-state index in [1.54, 1.807) is 0 Å². The van der Waals surface area contributed by atoms with Crippen molar-refractivity contribution in [3.63, 3.8) is 0 Å². The first-order chi connectivity index (χ1) is 23.8. The summed E-state index contributed by atoms with van der Waals surface area (Å²) in [6, 6.07) is 60.3. The maximum absolute atomic E-state index is 3.57. The number of aromatic nitrogens is 2. The van der Waals surface area contributed by atoms with Crippen LogP contribution in [0.3, 0.4) is 0 Å². The van der Waals surface area contributed by atoms with E-state index in [9.17, 15) is 0 Å². The van der Waals surface area contributed by atoms with Crippen LogP contribution in [0, 0.1) is 0 Å². The van der Waals surface area contributed by atoms with E-state index >= 15 is 0 Å². The van der Waals surface area contributed by atoms with Crippen LogP contribution < -0.4 is 0 Å². The lowest BCUT2D eigenvalue weighted by molar-refractivity contribution is 1.18. The lowest BCUT2D eigenvalue weighted by Gasteiger charge is -2.13. The summed E-state index contributed by atoms with van der Waals surface area (Å²) in [5.41, 5.74) is 16.1. The molecule has 2 heterocycles. The molecule has 0 fully saturated rings. The third-order valence-corrected chi connectivity index (χ3v) is 10.5. The van der Waals surface area contributed by atoms with Gasteiger partial charge in [-0.05, 0) is 97.7 Å². The zero-order chi connectivity index (χ0) is 31.3. The van der Waals surface area contributed by atoms with Crippen LogP contribution in [-0.2, 0) is 0 Å². The van der Waals surface area contributed by atoms with Gasteiger partial charge in [-0.1, -0.05) is 121 Å². The number of aromatic amines is 1. The highest BCUT2D eigenvalue weighted by Crippen LogP contribution is 2.49. The Bertz CT molecular complexity index is 2920. The van der Waals surface area contributed by atoms with E-state index in [1.165, 1.54) is 98.9 Å². The lowest BCUT2D eigenvalue weighted by Crippen LogP contribution is -1.95. The van der Waals surface area contributed by atoms with Gasteiger partial charge in [0.2, 0.25) is 0 Å². The Hall–Kier alpha value is -6.38. The zero-order valence-corrected chi connectivity index (χ0v) is 26.0. The summed E-state index contributed by atoms with van der Waals surface area (Å²) >= 11 is 0. The smallest absolute Gasteiger partial charge is 0.0547 e. The van der Waals surface area contributed by atoms with Crippen LogP contribution in [0.2, 0.25) is 0 Å². The highest BCUT2D eigenvalue weighted by Gasteiger charge is 2.22. The van der Waals surface area contributed by atoms with Gasteiger partial charge in [0.15, 0.2) is 0 Å². The molecule has 0 bridgehead atoms. The Kier molecular flexibility index (Phi) is 5.14. The molecule has 10 aromatic rings. The summed E-state index contributed by atoms with van der Waals surface area (Å²) in [6.07, 6.45) is 0. The zero-order valence-electron chi connectivity index (χ0n) is 26.0. The maximum atomic E-state index is 3.57. The van der Waals surface area contributed by atoms with Crippen LogP contribution in [0.25, 0.3) is 105 Å². The summed E-state index contributed by atoms with van der Waals surface area (Å²) in [4.78, 5) is 3.57. The molecule has 0 saturated heterocycles. The summed E-state index contributed by atoms with van der Waals surface area (Å²) < 4.78 is 2.44. The van der Waals surface area contributed by atoms with E-state index in [-0.39, 0.29) is 0 Å². The molecule has 11 rings (SSSR count). The van der Waals surface area contributed by atoms with Crippen molar-refractivity contribution in [1.29, 1.82) is 0 Å². The van der Waals surface area contributed by atoms with Crippen molar-refractivity contribution in [2.45, 2.75) is 0 Å². The average molecular weight is 609 g/mol. The molecule has 48 heavy (non-hydrogen) atoms. The second-order valence-electron chi connectivity index (χ2n) is 13.0. The number of hydrogen-bond acceptors (Lipinski definition) is 0. The monoisotopic (exact) mass is 608 g/mol. The third-order valence-electron chi connectivity index (χ3n) is 10.5. The van der Waals surface area contributed by atoms with Gasteiger partial charge in [-0.15, -0.1) is 0 Å². The molecule has 2 aromatic heterocycles. The number of rotatable bonds is 3. The SMILES string of the molecule is c1cc(-c2ccc3c4c(cccc24)-c2ccccc2-3)cc(-n2c3ccccc3c3ccc(-c4ccc5[nH]c6ccccc6c5c4)cc32)c1. The van der Waals surface area contributed by atoms with E-state index in [2.05, 4.69) is 173 Å². The first kappa shape index (κ1) is 25.8. The van der Waals surface area contributed by atoms with Crippen LogP contribution in [0.1, 0.15) is 0 Å². The molecule has 8 aromatic carbocycles.